The van der Waals surface area contributed by atoms with Crippen molar-refractivity contribution in [3.05, 3.63) is 30.3 Å². The number of nitrogens with one attached hydrogen (secondary N) is 4. The number of hydrogen-bond acceptors (Lipinski definition) is 6. The average Bonchev–Trinajstić information content (AvgIpc) is 3.35. The van der Waals surface area contributed by atoms with Gasteiger partial charge in [-0.2, -0.15) is 0 Å². The number of carbonyl (C=O) groups excluding carboxylic acids is 4. The molecule has 10 nitrogen and oxygen atoms in total. The van der Waals surface area contributed by atoms with E-state index in [1.165, 1.54) is 0 Å². The van der Waals surface area contributed by atoms with Crippen LogP contribution in [0.15, 0.2) is 30.3 Å². The van der Waals surface area contributed by atoms with Crippen molar-refractivity contribution < 1.29 is 19.2 Å². The number of carbonyl (C=O) groups is 4. The van der Waals surface area contributed by atoms with Crippen molar-refractivity contribution in [2.24, 2.45) is 0 Å². The van der Waals surface area contributed by atoms with Gasteiger partial charge in [-0.15, -0.1) is 11.8 Å². The first-order chi connectivity index (χ1) is 15.5. The van der Waals surface area contributed by atoms with Crippen molar-refractivity contribution >= 4 is 41.2 Å². The van der Waals surface area contributed by atoms with Crippen molar-refractivity contribution in [1.82, 2.24) is 25.8 Å². The van der Waals surface area contributed by atoms with E-state index in [0.29, 0.717) is 36.8 Å². The molecule has 0 bridgehead atoms. The van der Waals surface area contributed by atoms with Crippen LogP contribution in [0.4, 0.5) is 10.5 Å². The molecule has 5 amide bonds. The molecule has 11 heteroatoms. The van der Waals surface area contributed by atoms with E-state index in [4.69, 9.17) is 0 Å². The highest BCUT2D eigenvalue weighted by Gasteiger charge is 2.41. The number of thioether (sulfide) groups is 1. The molecule has 0 aliphatic carbocycles. The Bertz CT molecular complexity index is 863. The number of para-hydroxylation sites is 1. The molecule has 4 rings (SSSR count). The average molecular weight is 461 g/mol. The number of nitrogens with zero attached hydrogens (tertiary/aromatic N) is 2. The fourth-order valence-electron chi connectivity index (χ4n) is 4.11. The number of anilines is 1. The lowest BCUT2D eigenvalue weighted by Crippen LogP contribution is -2.65. The molecular weight excluding hydrogens is 432 g/mol. The Kier molecular flexibility index (Phi) is 7.15. The quantitative estimate of drug-likeness (QED) is 0.493. The Hall–Kier alpha value is -2.79. The summed E-state index contributed by atoms with van der Waals surface area (Å²) in [6.45, 7) is 1.22. The predicted molar refractivity (Wildman–Crippen MR) is 121 cm³/mol. The summed E-state index contributed by atoms with van der Waals surface area (Å²) in [6.07, 6.45) is 1.33. The van der Waals surface area contributed by atoms with Gasteiger partial charge in [0.15, 0.2) is 0 Å². The first-order valence-corrected chi connectivity index (χ1v) is 12.0. The summed E-state index contributed by atoms with van der Waals surface area (Å²) >= 11 is 1.63. The Morgan fingerprint density at radius 1 is 1.12 bits per heavy atom. The Balaban J connectivity index is 1.47. The lowest BCUT2D eigenvalue weighted by molar-refractivity contribution is -0.145. The van der Waals surface area contributed by atoms with Gasteiger partial charge >= 0.3 is 6.03 Å². The van der Waals surface area contributed by atoms with E-state index in [1.54, 1.807) is 33.7 Å². The number of benzene rings is 1. The maximum atomic E-state index is 13.2. The molecule has 0 aromatic heterocycles. The highest BCUT2D eigenvalue weighted by molar-refractivity contribution is 7.99. The van der Waals surface area contributed by atoms with Crippen LogP contribution in [0.2, 0.25) is 0 Å². The van der Waals surface area contributed by atoms with Gasteiger partial charge in [0.1, 0.15) is 12.1 Å². The van der Waals surface area contributed by atoms with Crippen LogP contribution >= 0.6 is 11.8 Å². The molecule has 3 heterocycles. The van der Waals surface area contributed by atoms with Gasteiger partial charge in [-0.1, -0.05) is 18.2 Å². The van der Waals surface area contributed by atoms with Crippen LogP contribution in [0.1, 0.15) is 12.8 Å². The molecule has 3 aliphatic rings. The SMILES string of the molecule is O=C(N[C@@H]1CCCNC1=O)[C@H]1CN(C(=O)Nc2ccccc2)CCN1C(=O)[C@H]1CSCN1. The van der Waals surface area contributed by atoms with E-state index < -0.39 is 18.0 Å². The van der Waals surface area contributed by atoms with Gasteiger partial charge < -0.3 is 25.8 Å². The molecule has 3 saturated heterocycles. The lowest BCUT2D eigenvalue weighted by atomic mass is 10.0. The minimum absolute atomic E-state index is 0.0600. The van der Waals surface area contributed by atoms with E-state index in [9.17, 15) is 19.2 Å². The van der Waals surface area contributed by atoms with E-state index in [-0.39, 0.29) is 37.0 Å². The predicted octanol–water partition coefficient (Wildman–Crippen LogP) is -0.211. The minimum Gasteiger partial charge on any atom is -0.354 e. The second-order valence-corrected chi connectivity index (χ2v) is 9.09. The van der Waals surface area contributed by atoms with Gasteiger partial charge in [0.05, 0.1) is 12.6 Å². The monoisotopic (exact) mass is 460 g/mol. The molecule has 0 spiro atoms. The maximum absolute atomic E-state index is 13.2. The van der Waals surface area contributed by atoms with Gasteiger partial charge in [0.2, 0.25) is 17.7 Å². The molecule has 3 aliphatic heterocycles. The van der Waals surface area contributed by atoms with E-state index in [1.807, 2.05) is 18.2 Å². The van der Waals surface area contributed by atoms with E-state index >= 15 is 0 Å². The van der Waals surface area contributed by atoms with E-state index in [2.05, 4.69) is 21.3 Å². The fourth-order valence-corrected chi connectivity index (χ4v) is 5.04. The second-order valence-electron chi connectivity index (χ2n) is 8.06. The van der Waals surface area contributed by atoms with Crippen LogP contribution in [-0.4, -0.2) is 89.5 Å². The second kappa shape index (κ2) is 10.2. The molecule has 172 valence electrons. The van der Waals surface area contributed by atoms with Crippen LogP contribution in [0.3, 0.4) is 0 Å². The van der Waals surface area contributed by atoms with Crippen molar-refractivity contribution in [2.75, 3.05) is 43.1 Å². The zero-order chi connectivity index (χ0) is 22.5. The van der Waals surface area contributed by atoms with Gasteiger partial charge in [0.25, 0.3) is 0 Å². The third-order valence-corrected chi connectivity index (χ3v) is 6.83. The van der Waals surface area contributed by atoms with Gasteiger partial charge in [-0.25, -0.2) is 4.79 Å². The third kappa shape index (κ3) is 5.16. The number of rotatable bonds is 4. The van der Waals surface area contributed by atoms with Crippen molar-refractivity contribution in [2.45, 2.75) is 31.0 Å². The lowest BCUT2D eigenvalue weighted by Gasteiger charge is -2.41. The van der Waals surface area contributed by atoms with Gasteiger partial charge in [0, 0.05) is 37.0 Å². The van der Waals surface area contributed by atoms with Gasteiger partial charge in [-0.05, 0) is 25.0 Å². The summed E-state index contributed by atoms with van der Waals surface area (Å²) in [5.74, 6) is 0.558. The summed E-state index contributed by atoms with van der Waals surface area (Å²) in [4.78, 5) is 54.3. The molecule has 3 fully saturated rings. The molecule has 1 aromatic rings. The summed E-state index contributed by atoms with van der Waals surface area (Å²) in [5, 5.41) is 11.5. The molecule has 3 atom stereocenters. The van der Waals surface area contributed by atoms with Gasteiger partial charge in [-0.3, -0.25) is 19.7 Å². The Morgan fingerprint density at radius 3 is 2.66 bits per heavy atom. The fraction of sp³-hybridized carbons (Fsp3) is 0.524. The third-order valence-electron chi connectivity index (χ3n) is 5.89. The largest absolute Gasteiger partial charge is 0.354 e. The van der Waals surface area contributed by atoms with Crippen LogP contribution < -0.4 is 21.3 Å². The van der Waals surface area contributed by atoms with Crippen molar-refractivity contribution in [3.8, 4) is 0 Å². The highest BCUT2D eigenvalue weighted by Crippen LogP contribution is 2.18. The Morgan fingerprint density at radius 2 is 1.94 bits per heavy atom. The topological polar surface area (TPSA) is 123 Å². The maximum Gasteiger partial charge on any atom is 0.321 e. The minimum atomic E-state index is -0.861. The smallest absolute Gasteiger partial charge is 0.321 e. The van der Waals surface area contributed by atoms with Crippen molar-refractivity contribution in [1.29, 1.82) is 0 Å². The number of urea groups is 1. The molecule has 4 N–H and O–H groups in total. The molecule has 1 aromatic carbocycles. The van der Waals surface area contributed by atoms with Crippen LogP contribution in [0.5, 0.6) is 0 Å². The highest BCUT2D eigenvalue weighted by atomic mass is 32.2. The van der Waals surface area contributed by atoms with Crippen LogP contribution in [0.25, 0.3) is 0 Å². The molecular formula is C21H28N6O4S. The standard InChI is InChI=1S/C21H28N6O4S/c28-18-15(7-4-8-22-18)25-19(29)17-11-26(21(31)24-14-5-2-1-3-6-14)9-10-27(17)20(30)16-12-32-13-23-16/h1-3,5-6,15-17,23H,4,7-13H2,(H,22,28)(H,24,31)(H,25,29)/t15-,16-,17-/m1/s1. The summed E-state index contributed by atoms with van der Waals surface area (Å²) in [6, 6.07) is 6.91. The number of piperazine rings is 1. The van der Waals surface area contributed by atoms with Crippen molar-refractivity contribution in [3.63, 3.8) is 0 Å². The first kappa shape index (κ1) is 22.4. The number of piperidine rings is 1. The van der Waals surface area contributed by atoms with Crippen LogP contribution in [0, 0.1) is 0 Å². The first-order valence-electron chi connectivity index (χ1n) is 10.8. The summed E-state index contributed by atoms with van der Waals surface area (Å²) < 4.78 is 0. The van der Waals surface area contributed by atoms with Crippen LogP contribution in [-0.2, 0) is 14.4 Å². The van der Waals surface area contributed by atoms with E-state index in [0.717, 1.165) is 6.42 Å². The molecule has 0 saturated carbocycles. The molecule has 0 unspecified atom stereocenters. The summed E-state index contributed by atoms with van der Waals surface area (Å²) in [5.41, 5.74) is 0.656. The zero-order valence-electron chi connectivity index (χ0n) is 17.7. The number of amides is 5. The molecule has 32 heavy (non-hydrogen) atoms. The summed E-state index contributed by atoms with van der Waals surface area (Å²) in [7, 11) is 0. The number of hydrogen-bond donors (Lipinski definition) is 4. The Labute approximate surface area is 190 Å². The normalized spacial score (nSPS) is 25.8. The zero-order valence-corrected chi connectivity index (χ0v) is 18.5. The molecule has 0 radical (unpaired) electrons.